The van der Waals surface area contributed by atoms with Gasteiger partial charge >= 0.3 is 0 Å². The van der Waals surface area contributed by atoms with Crippen molar-refractivity contribution in [1.82, 2.24) is 19.9 Å². The predicted molar refractivity (Wildman–Crippen MR) is 96.9 cm³/mol. The molecule has 1 aromatic carbocycles. The van der Waals surface area contributed by atoms with E-state index in [1.807, 2.05) is 16.8 Å². The molecule has 4 rings (SSSR count). The number of nitrogens with zero attached hydrogens (tertiary/aromatic N) is 4. The molecular weight excluding hydrogens is 330 g/mol. The lowest BCUT2D eigenvalue weighted by Crippen LogP contribution is -2.46. The van der Waals surface area contributed by atoms with Gasteiger partial charge in [0.1, 0.15) is 11.4 Å². The minimum Gasteiger partial charge on any atom is -0.496 e. The molecule has 7 nitrogen and oxygen atoms in total. The molecule has 0 bridgehead atoms. The van der Waals surface area contributed by atoms with Crippen LogP contribution in [0.2, 0.25) is 0 Å². The minimum absolute atomic E-state index is 0.101. The number of hydrogen-bond acceptors (Lipinski definition) is 6. The molecule has 2 aliphatic rings. The molecule has 2 aromatic rings. The van der Waals surface area contributed by atoms with E-state index < -0.39 is 0 Å². The van der Waals surface area contributed by atoms with Gasteiger partial charge in [0.25, 0.3) is 0 Å². The van der Waals surface area contributed by atoms with E-state index in [0.717, 1.165) is 49.4 Å². The number of benzene rings is 1. The van der Waals surface area contributed by atoms with Crippen LogP contribution < -0.4 is 10.5 Å². The van der Waals surface area contributed by atoms with Crippen molar-refractivity contribution < 1.29 is 9.53 Å². The van der Waals surface area contributed by atoms with Crippen molar-refractivity contribution in [2.75, 3.05) is 20.2 Å². The second-order valence-electron chi connectivity index (χ2n) is 7.32. The van der Waals surface area contributed by atoms with E-state index in [1.54, 1.807) is 13.3 Å². The van der Waals surface area contributed by atoms with E-state index in [4.69, 9.17) is 10.5 Å². The number of rotatable bonds is 8. The number of ether oxygens (including phenoxy) is 1. The predicted octanol–water partition coefficient (Wildman–Crippen LogP) is 1.79. The molecule has 1 aliphatic heterocycles. The lowest BCUT2D eigenvalue weighted by atomic mass is 9.92. The van der Waals surface area contributed by atoms with Crippen molar-refractivity contribution in [2.45, 2.75) is 38.4 Å². The molecule has 1 aromatic heterocycles. The maximum absolute atomic E-state index is 12.4. The van der Waals surface area contributed by atoms with Gasteiger partial charge in [0.05, 0.1) is 19.3 Å². The van der Waals surface area contributed by atoms with E-state index in [0.29, 0.717) is 30.6 Å². The van der Waals surface area contributed by atoms with E-state index in [1.165, 1.54) is 0 Å². The molecule has 138 valence electrons. The van der Waals surface area contributed by atoms with Gasteiger partial charge in [-0.3, -0.25) is 9.69 Å². The molecule has 0 spiro atoms. The number of likely N-dealkylation sites (tertiary alicyclic amines) is 1. The zero-order valence-corrected chi connectivity index (χ0v) is 15.1. The Kier molecular flexibility index (Phi) is 4.74. The Morgan fingerprint density at radius 2 is 2.08 bits per heavy atom. The topological polar surface area (TPSA) is 86.3 Å². The van der Waals surface area contributed by atoms with Crippen LogP contribution >= 0.6 is 0 Å². The number of methoxy groups -OCH3 is 1. The van der Waals surface area contributed by atoms with Crippen molar-refractivity contribution in [1.29, 1.82) is 0 Å². The van der Waals surface area contributed by atoms with Crippen LogP contribution in [-0.4, -0.2) is 45.9 Å². The van der Waals surface area contributed by atoms with Gasteiger partial charge in [0.15, 0.2) is 5.78 Å². The highest BCUT2D eigenvalue weighted by atomic mass is 16.5. The summed E-state index contributed by atoms with van der Waals surface area (Å²) in [7, 11) is 1.68. The summed E-state index contributed by atoms with van der Waals surface area (Å²) in [5, 5.41) is 8.11. The van der Waals surface area contributed by atoms with Gasteiger partial charge in [-0.15, -0.1) is 5.10 Å². The quantitative estimate of drug-likeness (QED) is 0.727. The molecule has 1 saturated carbocycles. The Labute approximate surface area is 153 Å². The Morgan fingerprint density at radius 1 is 1.31 bits per heavy atom. The average molecular weight is 355 g/mol. The average Bonchev–Trinajstić information content (AvgIpc) is 3.36. The van der Waals surface area contributed by atoms with Crippen LogP contribution in [-0.2, 0) is 13.1 Å². The first-order valence-electron chi connectivity index (χ1n) is 9.20. The van der Waals surface area contributed by atoms with Gasteiger partial charge in [-0.1, -0.05) is 23.4 Å². The third-order valence-electron chi connectivity index (χ3n) is 5.22. The van der Waals surface area contributed by atoms with Crippen molar-refractivity contribution in [3.05, 3.63) is 41.2 Å². The number of nitrogens with two attached hydrogens (primary N) is 1. The van der Waals surface area contributed by atoms with Crippen molar-refractivity contribution in [3.8, 4) is 5.75 Å². The van der Waals surface area contributed by atoms with Crippen LogP contribution in [0.15, 0.2) is 24.4 Å². The summed E-state index contributed by atoms with van der Waals surface area (Å²) in [6.07, 6.45) is 4.63. The molecule has 0 atom stereocenters. The maximum Gasteiger partial charge on any atom is 0.185 e. The standard InChI is InChI=1S/C19H25N5O2/c1-26-19-14(8-20)3-2-4-15(19)11-23-9-13(10-23)7-18(25)17-12-24(22-21-17)16-5-6-16/h2-4,12-13,16H,5-11,20H2,1H3. The fourth-order valence-electron chi connectivity index (χ4n) is 3.65. The molecule has 0 amide bonds. The molecule has 0 unspecified atom stereocenters. The number of ketones is 1. The summed E-state index contributed by atoms with van der Waals surface area (Å²) < 4.78 is 7.36. The van der Waals surface area contributed by atoms with Crippen molar-refractivity contribution in [3.63, 3.8) is 0 Å². The molecule has 1 saturated heterocycles. The summed E-state index contributed by atoms with van der Waals surface area (Å²) in [6.45, 7) is 3.12. The number of carbonyl (C=O) groups is 1. The first kappa shape index (κ1) is 17.2. The first-order valence-corrected chi connectivity index (χ1v) is 9.20. The first-order chi connectivity index (χ1) is 12.7. The fraction of sp³-hybridized carbons (Fsp3) is 0.526. The number of carbonyl (C=O) groups excluding carboxylic acids is 1. The summed E-state index contributed by atoms with van der Waals surface area (Å²) in [6, 6.07) is 6.55. The van der Waals surface area contributed by atoms with Gasteiger partial charge in [-0.25, -0.2) is 4.68 Å². The third kappa shape index (κ3) is 3.50. The Morgan fingerprint density at radius 3 is 2.77 bits per heavy atom. The van der Waals surface area contributed by atoms with Crippen LogP contribution in [0.5, 0.6) is 5.75 Å². The van der Waals surface area contributed by atoms with Gasteiger partial charge in [0, 0.05) is 43.7 Å². The third-order valence-corrected chi connectivity index (χ3v) is 5.22. The largest absolute Gasteiger partial charge is 0.496 e. The minimum atomic E-state index is 0.101. The summed E-state index contributed by atoms with van der Waals surface area (Å²) in [5.41, 5.74) is 8.46. The lowest BCUT2D eigenvalue weighted by Gasteiger charge is -2.39. The normalized spacial score (nSPS) is 17.9. The monoisotopic (exact) mass is 355 g/mol. The van der Waals surface area contributed by atoms with Crippen LogP contribution in [0.4, 0.5) is 0 Å². The van der Waals surface area contributed by atoms with Crippen molar-refractivity contribution >= 4 is 5.78 Å². The van der Waals surface area contributed by atoms with E-state index in [9.17, 15) is 4.79 Å². The zero-order valence-electron chi connectivity index (χ0n) is 15.1. The zero-order chi connectivity index (χ0) is 18.1. The number of aromatic nitrogens is 3. The summed E-state index contributed by atoms with van der Waals surface area (Å²) >= 11 is 0. The van der Waals surface area contributed by atoms with E-state index in [2.05, 4.69) is 21.3 Å². The number of hydrogen-bond donors (Lipinski definition) is 1. The Balaban J connectivity index is 1.29. The summed E-state index contributed by atoms with van der Waals surface area (Å²) in [4.78, 5) is 14.7. The number of para-hydroxylation sites is 1. The second-order valence-corrected chi connectivity index (χ2v) is 7.32. The molecule has 0 radical (unpaired) electrons. The highest BCUT2D eigenvalue weighted by Gasteiger charge is 2.31. The molecule has 26 heavy (non-hydrogen) atoms. The fourth-order valence-corrected chi connectivity index (χ4v) is 3.65. The van der Waals surface area contributed by atoms with Gasteiger partial charge in [-0.05, 0) is 18.8 Å². The Bertz CT molecular complexity index is 793. The highest BCUT2D eigenvalue weighted by molar-refractivity contribution is 5.94. The van der Waals surface area contributed by atoms with E-state index in [-0.39, 0.29) is 5.78 Å². The number of Topliss-reactive ketones (excluding diaryl/α,β-unsaturated/α-hetero) is 1. The Hall–Kier alpha value is -2.25. The smallest absolute Gasteiger partial charge is 0.185 e. The molecule has 7 heteroatoms. The van der Waals surface area contributed by atoms with Gasteiger partial charge in [0.2, 0.25) is 0 Å². The molecule has 2 fully saturated rings. The van der Waals surface area contributed by atoms with E-state index >= 15 is 0 Å². The molecule has 2 N–H and O–H groups in total. The van der Waals surface area contributed by atoms with Crippen LogP contribution in [0.3, 0.4) is 0 Å². The highest BCUT2D eigenvalue weighted by Crippen LogP contribution is 2.34. The van der Waals surface area contributed by atoms with Crippen LogP contribution in [0.25, 0.3) is 0 Å². The SMILES string of the molecule is COc1c(CN)cccc1CN1CC(CC(=O)c2cn(C3CC3)nn2)C1. The summed E-state index contributed by atoms with van der Waals surface area (Å²) in [5.74, 6) is 1.37. The molecule has 2 heterocycles. The van der Waals surface area contributed by atoms with Crippen LogP contribution in [0.1, 0.15) is 46.9 Å². The molecule has 1 aliphatic carbocycles. The van der Waals surface area contributed by atoms with Gasteiger partial charge < -0.3 is 10.5 Å². The maximum atomic E-state index is 12.4. The molecular formula is C19H25N5O2. The van der Waals surface area contributed by atoms with Crippen molar-refractivity contribution in [2.24, 2.45) is 11.7 Å². The van der Waals surface area contributed by atoms with Crippen LogP contribution in [0, 0.1) is 5.92 Å². The van der Waals surface area contributed by atoms with Gasteiger partial charge in [-0.2, -0.15) is 0 Å². The lowest BCUT2D eigenvalue weighted by molar-refractivity contribution is 0.0697. The second kappa shape index (κ2) is 7.17.